The molecule has 0 spiro atoms. The topological polar surface area (TPSA) is 155 Å². The number of hydrogen-bond donors (Lipinski definition) is 1. The van der Waals surface area contributed by atoms with Gasteiger partial charge in [-0.3, -0.25) is 23.4 Å². The van der Waals surface area contributed by atoms with Gasteiger partial charge in [-0.1, -0.05) is 38.9 Å². The minimum absolute atomic E-state index is 0.0248. The van der Waals surface area contributed by atoms with Crippen LogP contribution in [0.4, 0.5) is 4.39 Å². The third kappa shape index (κ3) is 6.82. The smallest absolute Gasteiger partial charge is 0.381 e. The van der Waals surface area contributed by atoms with Crippen LogP contribution in [0.1, 0.15) is 116 Å². The van der Waals surface area contributed by atoms with Crippen LogP contribution < -0.4 is 16.8 Å². The van der Waals surface area contributed by atoms with E-state index in [1.165, 1.54) is 5.56 Å². The summed E-state index contributed by atoms with van der Waals surface area (Å²) in [6.07, 6.45) is 8.05. The number of imidazole rings is 1. The first-order chi connectivity index (χ1) is 31.7. The Morgan fingerprint density at radius 1 is 0.939 bits per heavy atom. The highest BCUT2D eigenvalue weighted by molar-refractivity contribution is 7.71. The molecule has 3 aromatic carbocycles. The highest BCUT2D eigenvalue weighted by Crippen LogP contribution is 2.56. The zero-order valence-electron chi connectivity index (χ0n) is 38.6. The fraction of sp³-hybridized carbons (Fsp3) is 0.420. The number of hydrogen-bond acceptors (Lipinski definition) is 8. The van der Waals surface area contributed by atoms with E-state index in [-0.39, 0.29) is 23.3 Å². The largest absolute Gasteiger partial charge is 0.438 e. The number of carbonyl (C=O) groups is 1. The van der Waals surface area contributed by atoms with Crippen molar-refractivity contribution in [3.63, 3.8) is 0 Å². The lowest BCUT2D eigenvalue weighted by molar-refractivity contribution is 0.0663. The number of nitrogens with one attached hydrogen (secondary N) is 1. The van der Waals surface area contributed by atoms with Crippen molar-refractivity contribution in [3.8, 4) is 17.2 Å². The van der Waals surface area contributed by atoms with E-state index in [0.717, 1.165) is 40.3 Å². The van der Waals surface area contributed by atoms with Crippen LogP contribution in [0.5, 0.6) is 0 Å². The summed E-state index contributed by atoms with van der Waals surface area (Å²) in [5, 5.41) is 11.1. The molecule has 344 valence electrons. The lowest BCUT2D eigenvalue weighted by atomic mass is 9.91. The van der Waals surface area contributed by atoms with Crippen molar-refractivity contribution in [2.45, 2.75) is 98.1 Å². The van der Waals surface area contributed by atoms with Crippen molar-refractivity contribution in [2.24, 2.45) is 5.92 Å². The molecular weight excluding hydrogens is 859 g/mol. The number of aromatic amines is 1. The van der Waals surface area contributed by atoms with E-state index in [2.05, 4.69) is 35.3 Å². The predicted octanol–water partition coefficient (Wildman–Crippen LogP) is 8.23. The highest BCUT2D eigenvalue weighted by Gasteiger charge is 2.59. The van der Waals surface area contributed by atoms with Gasteiger partial charge in [-0.15, -0.1) is 0 Å². The molecule has 2 fully saturated rings. The summed E-state index contributed by atoms with van der Waals surface area (Å²) in [4.78, 5) is 47.5. The van der Waals surface area contributed by atoms with Crippen LogP contribution in [-0.2, 0) is 27.7 Å². The molecule has 3 aliphatic rings. The Morgan fingerprint density at radius 3 is 2.30 bits per heavy atom. The van der Waals surface area contributed by atoms with Gasteiger partial charge in [-0.2, -0.15) is 5.10 Å². The van der Waals surface area contributed by atoms with E-state index < -0.39 is 24.5 Å². The van der Waals surface area contributed by atoms with Gasteiger partial charge in [0.05, 0.1) is 23.1 Å². The number of nitrogens with zero attached hydrogens (tertiary/aromatic N) is 7. The molecular formula is C50H56FN8O6P. The second-order valence-electron chi connectivity index (χ2n) is 18.5. The van der Waals surface area contributed by atoms with Crippen molar-refractivity contribution in [3.05, 3.63) is 139 Å². The van der Waals surface area contributed by atoms with Gasteiger partial charge in [0.25, 0.3) is 5.91 Å². The molecule has 7 aromatic rings. The van der Waals surface area contributed by atoms with Crippen LogP contribution in [0.15, 0.2) is 81.1 Å². The van der Waals surface area contributed by atoms with E-state index in [9.17, 15) is 14.2 Å². The fourth-order valence-corrected chi connectivity index (χ4v) is 13.1. The second-order valence-corrected chi connectivity index (χ2v) is 22.0. The van der Waals surface area contributed by atoms with Gasteiger partial charge >= 0.3 is 11.4 Å². The molecule has 0 bridgehead atoms. The second kappa shape index (κ2) is 16.4. The Bertz CT molecular complexity index is 3210. The van der Waals surface area contributed by atoms with Crippen molar-refractivity contribution in [1.82, 2.24) is 38.5 Å². The maximum Gasteiger partial charge on any atom is 0.438 e. The van der Waals surface area contributed by atoms with Crippen LogP contribution in [0.3, 0.4) is 0 Å². The zero-order valence-corrected chi connectivity index (χ0v) is 39.5. The number of aryl methyl sites for hydroxylation is 3. The van der Waals surface area contributed by atoms with E-state index in [1.807, 2.05) is 61.4 Å². The number of benzene rings is 3. The lowest BCUT2D eigenvalue weighted by Crippen LogP contribution is -2.41. The summed E-state index contributed by atoms with van der Waals surface area (Å²) in [6, 6.07) is 17.0. The number of H-pyrrole nitrogens is 1. The molecule has 1 aliphatic carbocycles. The maximum atomic E-state index is 15.5. The van der Waals surface area contributed by atoms with Crippen molar-refractivity contribution in [1.29, 1.82) is 0 Å². The van der Waals surface area contributed by atoms with Crippen LogP contribution >= 0.6 is 7.14 Å². The summed E-state index contributed by atoms with van der Waals surface area (Å²) in [5.41, 5.74) is 5.77. The van der Waals surface area contributed by atoms with Gasteiger partial charge in [0, 0.05) is 72.7 Å². The molecule has 0 unspecified atom stereocenters. The molecule has 1 saturated carbocycles. The molecule has 66 heavy (non-hydrogen) atoms. The third-order valence-corrected chi connectivity index (χ3v) is 18.2. The molecule has 14 nitrogen and oxygen atoms in total. The molecule has 6 heterocycles. The van der Waals surface area contributed by atoms with Gasteiger partial charge in [-0.05, 0) is 129 Å². The van der Waals surface area contributed by atoms with Crippen LogP contribution in [0, 0.1) is 25.6 Å². The van der Waals surface area contributed by atoms with Gasteiger partial charge in [-0.25, -0.2) is 18.7 Å². The monoisotopic (exact) mass is 914 g/mol. The number of halogens is 1. The van der Waals surface area contributed by atoms with Crippen molar-refractivity contribution in [2.75, 3.05) is 32.1 Å². The number of amides is 1. The summed E-state index contributed by atoms with van der Waals surface area (Å²) in [5.74, 6) is -0.0111. The lowest BCUT2D eigenvalue weighted by Gasteiger charge is -2.34. The Kier molecular flexibility index (Phi) is 10.9. The van der Waals surface area contributed by atoms with Gasteiger partial charge in [0.15, 0.2) is 5.82 Å². The average Bonchev–Trinajstić information content (AvgIpc) is 3.82. The number of fused-ring (bicyclic) bond motifs is 2. The first-order valence-electron chi connectivity index (χ1n) is 23.2. The van der Waals surface area contributed by atoms with Crippen molar-refractivity contribution >= 4 is 29.3 Å². The molecule has 1 saturated heterocycles. The first-order valence-corrected chi connectivity index (χ1v) is 25.3. The summed E-state index contributed by atoms with van der Waals surface area (Å²) in [7, 11) is -2.59. The van der Waals surface area contributed by atoms with Crippen LogP contribution in [0.2, 0.25) is 0 Å². The molecule has 1 N–H and O–H groups in total. The quantitative estimate of drug-likeness (QED) is 0.127. The molecule has 10 rings (SSSR count). The Morgan fingerprint density at radius 2 is 1.65 bits per heavy atom. The maximum absolute atomic E-state index is 15.5. The van der Waals surface area contributed by atoms with Gasteiger partial charge in [0.1, 0.15) is 30.0 Å². The van der Waals surface area contributed by atoms with E-state index >= 15 is 9.18 Å². The molecule has 1 amide bonds. The van der Waals surface area contributed by atoms with Crippen LogP contribution in [0.25, 0.3) is 28.1 Å². The van der Waals surface area contributed by atoms with Gasteiger partial charge < -0.3 is 18.8 Å². The Labute approximate surface area is 381 Å². The number of ether oxygens (including phenoxy) is 1. The molecule has 4 aromatic heterocycles. The van der Waals surface area contributed by atoms with Crippen LogP contribution in [-0.4, -0.2) is 76.5 Å². The molecule has 16 heteroatoms. The first kappa shape index (κ1) is 43.8. The minimum Gasteiger partial charge on any atom is -0.381 e. The molecule has 2 aliphatic heterocycles. The number of aromatic nitrogens is 7. The summed E-state index contributed by atoms with van der Waals surface area (Å²) in [6.45, 7) is 15.1. The minimum atomic E-state index is -2.59. The Balaban J connectivity index is 1.11. The summed E-state index contributed by atoms with van der Waals surface area (Å²) >= 11 is 0. The number of carbonyl (C=O) groups excluding carboxylic acids is 1. The standard InChI is InChI=1S/C50H56FN8O6P/c1-8-33-26-37(12-14-42(33)66(63,9-2)10-3)56-19-20-57(49(56)62)45-43-32(7)55(18-15-39(43)53-59(45)38-23-29(4)44(51)30(5)24-38)46(60)41-27-36-25-35(34-16-21-64-22-17-34)11-13-40(36)58(41)50(28-31(50)6)47-52-48(61)65-54-47/h11-14,19-20,23-27,31-32,34H,8-10,15-18,21-22,28H2,1-7H3,(H,52,54,61)/t31-,32-,50-/m0/s1. The van der Waals surface area contributed by atoms with E-state index in [0.29, 0.717) is 103 Å². The SMILES string of the molecule is CCc1cc(-n2ccn(-c3c4c(nn3-c3cc(C)c(F)c(C)c3)CCN(C(=O)c3cc5cc(C6CCOCC6)ccc5n3[C@@]3(c5noc(=O)[nH]5)C[C@@H]3C)[C@H]4C)c2=O)ccc1P(=O)(CC)CC. The highest BCUT2D eigenvalue weighted by atomic mass is 31.2. The van der Waals surface area contributed by atoms with E-state index in [4.69, 9.17) is 14.4 Å². The Hall–Kier alpha value is -6.05. The normalized spacial score (nSPS) is 20.0. The molecule has 3 atom stereocenters. The zero-order chi connectivity index (χ0) is 46.4. The van der Waals surface area contributed by atoms with Crippen molar-refractivity contribution < 1.29 is 23.0 Å². The third-order valence-electron chi connectivity index (χ3n) is 14.8. The summed E-state index contributed by atoms with van der Waals surface area (Å²) < 4.78 is 46.7. The van der Waals surface area contributed by atoms with E-state index in [1.54, 1.807) is 52.2 Å². The average molecular weight is 915 g/mol. The van der Waals surface area contributed by atoms with Gasteiger partial charge in [0.2, 0.25) is 0 Å². The fourth-order valence-electron chi connectivity index (χ4n) is 10.9. The predicted molar refractivity (Wildman–Crippen MR) is 251 cm³/mol. The molecule has 0 radical (unpaired) electrons. The number of rotatable bonds is 11.